The van der Waals surface area contributed by atoms with Crippen LogP contribution < -0.4 is 10.6 Å². The van der Waals surface area contributed by atoms with Crippen molar-refractivity contribution in [3.63, 3.8) is 0 Å². The van der Waals surface area contributed by atoms with Crippen LogP contribution in [0.3, 0.4) is 0 Å². The van der Waals surface area contributed by atoms with Gasteiger partial charge in [0.1, 0.15) is 0 Å². The predicted octanol–water partition coefficient (Wildman–Crippen LogP) is 1.28. The van der Waals surface area contributed by atoms with Gasteiger partial charge in [-0.1, -0.05) is 0 Å². The molecule has 2 unspecified atom stereocenters. The smallest absolute Gasteiger partial charge is 0.229 e. The highest BCUT2D eigenvalue weighted by Gasteiger charge is 2.61. The third-order valence-electron chi connectivity index (χ3n) is 8.03. The Hall–Kier alpha value is -1.14. The molecule has 0 aromatic heterocycles. The molecule has 0 aliphatic carbocycles. The van der Waals surface area contributed by atoms with Gasteiger partial charge in [-0.15, -0.1) is 0 Å². The van der Waals surface area contributed by atoms with Crippen molar-refractivity contribution < 1.29 is 9.59 Å². The molecule has 0 spiro atoms. The molecule has 2 amide bonds. The van der Waals surface area contributed by atoms with Crippen LogP contribution in [-0.2, 0) is 9.59 Å². The zero-order valence-electron chi connectivity index (χ0n) is 17.6. The predicted molar refractivity (Wildman–Crippen MR) is 109 cm³/mol. The Labute approximate surface area is 169 Å². The minimum absolute atomic E-state index is 0.134. The molecule has 0 aromatic carbocycles. The molecule has 6 heteroatoms. The molecule has 0 bridgehead atoms. The van der Waals surface area contributed by atoms with Gasteiger partial charge in [-0.2, -0.15) is 0 Å². The SMILES string of the molecule is CN1CCC(C2(C3CCNC(=O)C3)[C](C3CCNCC3)CCN(C)C2=O)CC1. The van der Waals surface area contributed by atoms with E-state index in [2.05, 4.69) is 22.6 Å². The highest BCUT2D eigenvalue weighted by atomic mass is 16.2. The van der Waals surface area contributed by atoms with E-state index in [1.807, 2.05) is 11.9 Å². The normalized spacial score (nSPS) is 35.2. The second kappa shape index (κ2) is 8.31. The van der Waals surface area contributed by atoms with Crippen molar-refractivity contribution in [2.75, 3.05) is 53.4 Å². The van der Waals surface area contributed by atoms with Crippen molar-refractivity contribution in [2.24, 2.45) is 23.2 Å². The van der Waals surface area contributed by atoms with E-state index in [1.54, 1.807) is 0 Å². The van der Waals surface area contributed by atoms with Crippen LogP contribution in [0.2, 0.25) is 0 Å². The summed E-state index contributed by atoms with van der Waals surface area (Å²) < 4.78 is 0. The first kappa shape index (κ1) is 20.1. The lowest BCUT2D eigenvalue weighted by Crippen LogP contribution is -2.63. The van der Waals surface area contributed by atoms with Crippen LogP contribution in [-0.4, -0.2) is 75.0 Å². The molecular weight excluding hydrogens is 352 g/mol. The van der Waals surface area contributed by atoms with Gasteiger partial charge >= 0.3 is 0 Å². The first-order valence-electron chi connectivity index (χ1n) is 11.3. The van der Waals surface area contributed by atoms with E-state index in [0.717, 1.165) is 71.2 Å². The molecule has 4 aliphatic rings. The van der Waals surface area contributed by atoms with Crippen LogP contribution in [0.4, 0.5) is 0 Å². The highest BCUT2D eigenvalue weighted by molar-refractivity contribution is 5.88. The van der Waals surface area contributed by atoms with Crippen LogP contribution in [0.5, 0.6) is 0 Å². The van der Waals surface area contributed by atoms with Crippen LogP contribution in [0.25, 0.3) is 0 Å². The van der Waals surface area contributed by atoms with Gasteiger partial charge in [0, 0.05) is 26.6 Å². The molecule has 0 aromatic rings. The molecule has 28 heavy (non-hydrogen) atoms. The van der Waals surface area contributed by atoms with Crippen LogP contribution in [0.1, 0.15) is 44.9 Å². The fourth-order valence-electron chi connectivity index (χ4n) is 6.61. The first-order valence-corrected chi connectivity index (χ1v) is 11.3. The zero-order valence-corrected chi connectivity index (χ0v) is 17.6. The summed E-state index contributed by atoms with van der Waals surface area (Å²) in [6.07, 6.45) is 6.90. The molecule has 4 saturated heterocycles. The lowest BCUT2D eigenvalue weighted by Gasteiger charge is -2.58. The number of rotatable bonds is 3. The minimum atomic E-state index is -0.423. The van der Waals surface area contributed by atoms with Gasteiger partial charge in [0.25, 0.3) is 0 Å². The number of carbonyl (C=O) groups excluding carboxylic acids is 2. The third-order valence-corrected chi connectivity index (χ3v) is 8.03. The Bertz CT molecular complexity index is 583. The van der Waals surface area contributed by atoms with Crippen molar-refractivity contribution in [1.82, 2.24) is 20.4 Å². The largest absolute Gasteiger partial charge is 0.356 e. The number of amides is 2. The Morgan fingerprint density at radius 2 is 1.61 bits per heavy atom. The Morgan fingerprint density at radius 1 is 0.893 bits per heavy atom. The highest BCUT2D eigenvalue weighted by Crippen LogP contribution is 2.58. The summed E-state index contributed by atoms with van der Waals surface area (Å²) in [5.74, 6) is 3.04. The molecule has 0 saturated carbocycles. The fourth-order valence-corrected chi connectivity index (χ4v) is 6.61. The molecule has 2 N–H and O–H groups in total. The summed E-state index contributed by atoms with van der Waals surface area (Å²) in [6.45, 7) is 5.77. The number of hydrogen-bond donors (Lipinski definition) is 2. The van der Waals surface area contributed by atoms with E-state index >= 15 is 0 Å². The molecule has 4 aliphatic heterocycles. The van der Waals surface area contributed by atoms with Gasteiger partial charge in [0.15, 0.2) is 0 Å². The Morgan fingerprint density at radius 3 is 2.29 bits per heavy atom. The number of nitrogens with zero attached hydrogens (tertiary/aromatic N) is 2. The van der Waals surface area contributed by atoms with E-state index < -0.39 is 5.41 Å². The van der Waals surface area contributed by atoms with Crippen LogP contribution in [0.15, 0.2) is 0 Å². The van der Waals surface area contributed by atoms with Crippen LogP contribution >= 0.6 is 0 Å². The van der Waals surface area contributed by atoms with Gasteiger partial charge in [-0.25, -0.2) is 0 Å². The van der Waals surface area contributed by atoms with Crippen molar-refractivity contribution in [3.8, 4) is 0 Å². The van der Waals surface area contributed by atoms with Crippen LogP contribution in [0, 0.1) is 29.1 Å². The average Bonchev–Trinajstić information content (AvgIpc) is 2.71. The van der Waals surface area contributed by atoms with Gasteiger partial charge in [-0.3, -0.25) is 9.59 Å². The van der Waals surface area contributed by atoms with Gasteiger partial charge < -0.3 is 20.4 Å². The summed E-state index contributed by atoms with van der Waals surface area (Å²) >= 11 is 0. The Balaban J connectivity index is 1.75. The topological polar surface area (TPSA) is 64.7 Å². The summed E-state index contributed by atoms with van der Waals surface area (Å²) in [5, 5.41) is 6.50. The molecule has 4 rings (SSSR count). The van der Waals surface area contributed by atoms with Gasteiger partial charge in [0.2, 0.25) is 11.8 Å². The molecule has 6 nitrogen and oxygen atoms in total. The van der Waals surface area contributed by atoms with Gasteiger partial charge in [0.05, 0.1) is 5.41 Å². The zero-order chi connectivity index (χ0) is 19.7. The first-order chi connectivity index (χ1) is 13.5. The van der Waals surface area contributed by atoms with E-state index in [4.69, 9.17) is 0 Å². The molecule has 4 fully saturated rings. The van der Waals surface area contributed by atoms with E-state index in [-0.39, 0.29) is 11.8 Å². The number of carbonyl (C=O) groups is 2. The maximum absolute atomic E-state index is 14.0. The molecule has 2 atom stereocenters. The second-order valence-corrected chi connectivity index (χ2v) is 9.51. The van der Waals surface area contributed by atoms with Crippen molar-refractivity contribution in [2.45, 2.75) is 44.9 Å². The molecule has 4 heterocycles. The summed E-state index contributed by atoms with van der Waals surface area (Å²) in [5.41, 5.74) is -0.423. The van der Waals surface area contributed by atoms with E-state index in [1.165, 1.54) is 5.92 Å². The lowest BCUT2D eigenvalue weighted by molar-refractivity contribution is -0.157. The molecular formula is C22H37N4O2. The second-order valence-electron chi connectivity index (χ2n) is 9.51. The van der Waals surface area contributed by atoms with Crippen molar-refractivity contribution in [1.29, 1.82) is 0 Å². The Kier molecular flexibility index (Phi) is 5.98. The lowest BCUT2D eigenvalue weighted by atomic mass is 9.49. The average molecular weight is 390 g/mol. The third kappa shape index (κ3) is 3.47. The van der Waals surface area contributed by atoms with Crippen molar-refractivity contribution in [3.05, 3.63) is 5.92 Å². The minimum Gasteiger partial charge on any atom is -0.356 e. The summed E-state index contributed by atoms with van der Waals surface area (Å²) in [6, 6.07) is 0. The van der Waals surface area contributed by atoms with E-state index in [0.29, 0.717) is 30.7 Å². The number of piperidine rings is 4. The standard InChI is InChI=1S/C22H37N4O2/c1-25-12-6-17(7-13-25)22(18-5-11-24-20(27)15-18)19(8-14-26(2)21(22)28)16-3-9-23-10-4-16/h16-18,23H,3-15H2,1-2H3,(H,24,27). The fraction of sp³-hybridized carbons (Fsp3) is 0.864. The molecule has 1 radical (unpaired) electrons. The summed E-state index contributed by atoms with van der Waals surface area (Å²) in [4.78, 5) is 30.8. The quantitative estimate of drug-likeness (QED) is 0.763. The van der Waals surface area contributed by atoms with E-state index in [9.17, 15) is 9.59 Å². The maximum atomic E-state index is 14.0. The summed E-state index contributed by atoms with van der Waals surface area (Å²) in [7, 11) is 4.16. The van der Waals surface area contributed by atoms with Gasteiger partial charge in [-0.05, 0) is 95.4 Å². The monoisotopic (exact) mass is 389 g/mol. The number of hydrogen-bond acceptors (Lipinski definition) is 4. The number of likely N-dealkylation sites (tertiary alicyclic amines) is 2. The maximum Gasteiger partial charge on any atom is 0.229 e. The molecule has 157 valence electrons. The number of nitrogens with one attached hydrogen (secondary N) is 2. The van der Waals surface area contributed by atoms with Crippen molar-refractivity contribution >= 4 is 11.8 Å².